The fourth-order valence-corrected chi connectivity index (χ4v) is 1.62. The van der Waals surface area contributed by atoms with Gasteiger partial charge in [-0.05, 0) is 24.3 Å². The van der Waals surface area contributed by atoms with Gasteiger partial charge in [0.1, 0.15) is 11.6 Å². The van der Waals surface area contributed by atoms with E-state index in [1.807, 2.05) is 0 Å². The summed E-state index contributed by atoms with van der Waals surface area (Å²) in [5.74, 6) is 0.0881. The molecule has 0 radical (unpaired) electrons. The van der Waals surface area contributed by atoms with Crippen molar-refractivity contribution in [1.29, 1.82) is 0 Å². The van der Waals surface area contributed by atoms with Crippen molar-refractivity contribution in [2.24, 2.45) is 0 Å². The van der Waals surface area contributed by atoms with Crippen LogP contribution in [-0.2, 0) is 0 Å². The number of benzene rings is 1. The van der Waals surface area contributed by atoms with Gasteiger partial charge in [-0.15, -0.1) is 0 Å². The van der Waals surface area contributed by atoms with E-state index >= 15 is 0 Å². The number of para-hydroxylation sites is 1. The van der Waals surface area contributed by atoms with Crippen LogP contribution in [0.5, 0.6) is 0 Å². The first-order chi connectivity index (χ1) is 8.24. The predicted octanol–water partition coefficient (Wildman–Crippen LogP) is 2.80. The Morgan fingerprint density at radius 3 is 2.71 bits per heavy atom. The van der Waals surface area contributed by atoms with Crippen molar-refractivity contribution in [3.63, 3.8) is 0 Å². The molecule has 1 aromatic heterocycles. The topological polar surface area (TPSA) is 33.2 Å². The second-order valence-corrected chi connectivity index (χ2v) is 3.54. The second-order valence-electron chi connectivity index (χ2n) is 3.54. The Labute approximate surface area is 98.5 Å². The van der Waals surface area contributed by atoms with E-state index in [4.69, 9.17) is 0 Å². The summed E-state index contributed by atoms with van der Waals surface area (Å²) in [7, 11) is 1.67. The molecule has 0 fully saturated rings. The Bertz CT molecular complexity index is 542. The molecule has 0 N–H and O–H groups in total. The molecule has 2 aromatic rings. The smallest absolute Gasteiger partial charge is 0.153 e. The lowest BCUT2D eigenvalue weighted by Crippen LogP contribution is -2.14. The van der Waals surface area contributed by atoms with E-state index in [0.29, 0.717) is 23.4 Å². The summed E-state index contributed by atoms with van der Waals surface area (Å²) in [4.78, 5) is 16.5. The number of carbonyl (C=O) groups excluding carboxylic acids is 1. The summed E-state index contributed by atoms with van der Waals surface area (Å²) in [5.41, 5.74) is 0.813. The van der Waals surface area contributed by atoms with Crippen LogP contribution in [0, 0.1) is 5.82 Å². The molecular weight excluding hydrogens is 219 g/mol. The molecule has 17 heavy (non-hydrogen) atoms. The van der Waals surface area contributed by atoms with Gasteiger partial charge in [0.2, 0.25) is 0 Å². The SMILES string of the molecule is CN(c1ccccc1F)c1ncccc1C=O. The predicted molar refractivity (Wildman–Crippen MR) is 64.1 cm³/mol. The fourth-order valence-electron chi connectivity index (χ4n) is 1.62. The zero-order valence-corrected chi connectivity index (χ0v) is 9.30. The van der Waals surface area contributed by atoms with E-state index in [0.717, 1.165) is 0 Å². The first-order valence-corrected chi connectivity index (χ1v) is 5.12. The molecule has 3 nitrogen and oxygen atoms in total. The van der Waals surface area contributed by atoms with Gasteiger partial charge in [0.25, 0.3) is 0 Å². The molecule has 1 aromatic carbocycles. The Balaban J connectivity index is 2.47. The lowest BCUT2D eigenvalue weighted by Gasteiger charge is -2.19. The van der Waals surface area contributed by atoms with Gasteiger partial charge in [-0.2, -0.15) is 0 Å². The number of hydrogen-bond acceptors (Lipinski definition) is 3. The van der Waals surface area contributed by atoms with Gasteiger partial charge in [0, 0.05) is 13.2 Å². The monoisotopic (exact) mass is 230 g/mol. The first kappa shape index (κ1) is 11.3. The van der Waals surface area contributed by atoms with Gasteiger partial charge in [-0.1, -0.05) is 12.1 Å². The van der Waals surface area contributed by atoms with E-state index in [1.165, 1.54) is 6.07 Å². The quantitative estimate of drug-likeness (QED) is 0.760. The third kappa shape index (κ3) is 2.15. The van der Waals surface area contributed by atoms with Gasteiger partial charge >= 0.3 is 0 Å². The summed E-state index contributed by atoms with van der Waals surface area (Å²) in [6.07, 6.45) is 2.28. The van der Waals surface area contributed by atoms with Gasteiger partial charge in [0.05, 0.1) is 11.3 Å². The molecule has 0 aliphatic carbocycles. The number of halogens is 1. The normalized spacial score (nSPS) is 10.0. The third-order valence-corrected chi connectivity index (χ3v) is 2.48. The molecule has 0 spiro atoms. The van der Waals surface area contributed by atoms with E-state index in [1.54, 1.807) is 48.5 Å². The highest BCUT2D eigenvalue weighted by Gasteiger charge is 2.12. The molecule has 4 heteroatoms. The van der Waals surface area contributed by atoms with Crippen molar-refractivity contribution >= 4 is 17.8 Å². The van der Waals surface area contributed by atoms with Crippen molar-refractivity contribution in [3.05, 3.63) is 54.0 Å². The van der Waals surface area contributed by atoms with Crippen molar-refractivity contribution < 1.29 is 9.18 Å². The molecular formula is C13H11FN2O. The maximum atomic E-state index is 13.6. The van der Waals surface area contributed by atoms with Crippen LogP contribution in [0.25, 0.3) is 0 Å². The van der Waals surface area contributed by atoms with Crippen LogP contribution in [0.2, 0.25) is 0 Å². The summed E-state index contributed by atoms with van der Waals surface area (Å²) in [6.45, 7) is 0. The number of aldehydes is 1. The van der Waals surface area contributed by atoms with Crippen molar-refractivity contribution in [2.45, 2.75) is 0 Å². The van der Waals surface area contributed by atoms with Crippen LogP contribution in [0.4, 0.5) is 15.9 Å². The first-order valence-electron chi connectivity index (χ1n) is 5.12. The average molecular weight is 230 g/mol. The highest BCUT2D eigenvalue weighted by atomic mass is 19.1. The number of anilines is 2. The zero-order chi connectivity index (χ0) is 12.3. The highest BCUT2D eigenvalue weighted by Crippen LogP contribution is 2.25. The van der Waals surface area contributed by atoms with Crippen LogP contribution >= 0.6 is 0 Å². The molecule has 0 saturated carbocycles. The average Bonchev–Trinajstić information content (AvgIpc) is 2.38. The summed E-state index contributed by atoms with van der Waals surface area (Å²) in [5, 5.41) is 0. The van der Waals surface area contributed by atoms with Crippen LogP contribution in [-0.4, -0.2) is 18.3 Å². The number of hydrogen-bond donors (Lipinski definition) is 0. The van der Waals surface area contributed by atoms with Crippen LogP contribution in [0.3, 0.4) is 0 Å². The summed E-state index contributed by atoms with van der Waals surface area (Å²) < 4.78 is 13.6. The number of rotatable bonds is 3. The van der Waals surface area contributed by atoms with Gasteiger partial charge in [-0.3, -0.25) is 4.79 Å². The molecule has 0 saturated heterocycles. The van der Waals surface area contributed by atoms with Crippen LogP contribution < -0.4 is 4.90 Å². The van der Waals surface area contributed by atoms with E-state index in [-0.39, 0.29) is 5.82 Å². The van der Waals surface area contributed by atoms with E-state index in [9.17, 15) is 9.18 Å². The van der Waals surface area contributed by atoms with Crippen LogP contribution in [0.1, 0.15) is 10.4 Å². The fraction of sp³-hybridized carbons (Fsp3) is 0.0769. The molecule has 0 aliphatic heterocycles. The Kier molecular flexibility index (Phi) is 3.14. The lowest BCUT2D eigenvalue weighted by atomic mass is 10.2. The molecule has 0 amide bonds. The largest absolute Gasteiger partial charge is 0.326 e. The van der Waals surface area contributed by atoms with E-state index < -0.39 is 0 Å². The van der Waals surface area contributed by atoms with Gasteiger partial charge < -0.3 is 4.90 Å². The number of aromatic nitrogens is 1. The molecule has 1 heterocycles. The van der Waals surface area contributed by atoms with E-state index in [2.05, 4.69) is 4.98 Å². The second kappa shape index (κ2) is 4.74. The highest BCUT2D eigenvalue weighted by molar-refractivity contribution is 5.84. The zero-order valence-electron chi connectivity index (χ0n) is 9.30. The third-order valence-electron chi connectivity index (χ3n) is 2.48. The molecule has 86 valence electrons. The molecule has 0 bridgehead atoms. The maximum Gasteiger partial charge on any atom is 0.153 e. The molecule has 0 atom stereocenters. The molecule has 0 unspecified atom stereocenters. The Morgan fingerprint density at radius 1 is 1.24 bits per heavy atom. The Hall–Kier alpha value is -2.23. The number of nitrogens with zero attached hydrogens (tertiary/aromatic N) is 2. The maximum absolute atomic E-state index is 13.6. The summed E-state index contributed by atoms with van der Waals surface area (Å²) >= 11 is 0. The van der Waals surface area contributed by atoms with Gasteiger partial charge in [0.15, 0.2) is 6.29 Å². The summed E-state index contributed by atoms with van der Waals surface area (Å²) in [6, 6.07) is 9.67. The Morgan fingerprint density at radius 2 is 2.00 bits per heavy atom. The van der Waals surface area contributed by atoms with Gasteiger partial charge in [-0.25, -0.2) is 9.37 Å². The lowest BCUT2D eigenvalue weighted by molar-refractivity contribution is 0.112. The molecule has 2 rings (SSSR count). The van der Waals surface area contributed by atoms with Crippen molar-refractivity contribution in [3.8, 4) is 0 Å². The standard InChI is InChI=1S/C13H11FN2O/c1-16(12-7-3-2-6-11(12)14)13-10(9-17)5-4-8-15-13/h2-9H,1H3. The van der Waals surface area contributed by atoms with Crippen molar-refractivity contribution in [1.82, 2.24) is 4.98 Å². The minimum Gasteiger partial charge on any atom is -0.326 e. The number of carbonyl (C=O) groups is 1. The minimum absolute atomic E-state index is 0.350. The van der Waals surface area contributed by atoms with Crippen LogP contribution in [0.15, 0.2) is 42.6 Å². The minimum atomic E-state index is -0.350. The molecule has 0 aliphatic rings. The van der Waals surface area contributed by atoms with Crippen molar-refractivity contribution in [2.75, 3.05) is 11.9 Å². The number of pyridine rings is 1.